The molecule has 7 heteroatoms. The van der Waals surface area contributed by atoms with Crippen LogP contribution >= 0.6 is 0 Å². The predicted octanol–water partition coefficient (Wildman–Crippen LogP) is 2.67. The zero-order valence-corrected chi connectivity index (χ0v) is 16.3. The number of aromatic nitrogens is 1. The smallest absolute Gasteiger partial charge is 0.251 e. The largest absolute Gasteiger partial charge is 0.495 e. The minimum atomic E-state index is -3.74. The quantitative estimate of drug-likeness (QED) is 0.682. The summed E-state index contributed by atoms with van der Waals surface area (Å²) < 4.78 is 32.9. The van der Waals surface area contributed by atoms with E-state index in [1.54, 1.807) is 24.3 Å². The van der Waals surface area contributed by atoms with Crippen molar-refractivity contribution in [2.75, 3.05) is 13.7 Å². The molecule has 0 aliphatic carbocycles. The van der Waals surface area contributed by atoms with E-state index in [0.29, 0.717) is 5.56 Å². The molecule has 0 saturated heterocycles. The molecule has 27 heavy (non-hydrogen) atoms. The van der Waals surface area contributed by atoms with Crippen LogP contribution in [0.1, 0.15) is 16.7 Å². The highest BCUT2D eigenvalue weighted by molar-refractivity contribution is 7.89. The van der Waals surface area contributed by atoms with Gasteiger partial charge in [-0.15, -0.1) is 0 Å². The fourth-order valence-corrected chi connectivity index (χ4v) is 4.22. The van der Waals surface area contributed by atoms with Crippen molar-refractivity contribution in [3.8, 4) is 5.75 Å². The van der Waals surface area contributed by atoms with Crippen LogP contribution in [0.15, 0.2) is 52.2 Å². The standard InChI is InChI=1S/C20H22N2O4S/c1-13-4-6-15-12-16(20(23)22-17(15)10-13)8-9-21-27(24,25)19-11-14(2)5-7-18(19)26-3/h4-7,10-12,21H,8-9H2,1-3H3,(H,22,23). The Morgan fingerprint density at radius 2 is 1.74 bits per heavy atom. The maximum Gasteiger partial charge on any atom is 0.251 e. The molecule has 2 N–H and O–H groups in total. The number of aryl methyl sites for hydroxylation is 2. The molecule has 1 heterocycles. The Hall–Kier alpha value is -2.64. The van der Waals surface area contributed by atoms with Gasteiger partial charge in [0, 0.05) is 17.6 Å². The Kier molecular flexibility index (Phi) is 5.34. The van der Waals surface area contributed by atoms with Crippen molar-refractivity contribution in [1.29, 1.82) is 0 Å². The molecule has 0 amide bonds. The van der Waals surface area contributed by atoms with Crippen LogP contribution in [-0.2, 0) is 16.4 Å². The van der Waals surface area contributed by atoms with Gasteiger partial charge in [0.2, 0.25) is 10.0 Å². The minimum absolute atomic E-state index is 0.0906. The Morgan fingerprint density at radius 1 is 1.04 bits per heavy atom. The van der Waals surface area contributed by atoms with Crippen LogP contribution in [0.2, 0.25) is 0 Å². The van der Waals surface area contributed by atoms with Crippen LogP contribution < -0.4 is 15.0 Å². The van der Waals surface area contributed by atoms with E-state index in [1.165, 1.54) is 7.11 Å². The SMILES string of the molecule is COc1ccc(C)cc1S(=O)(=O)NCCc1cc2ccc(C)cc2[nH]c1=O. The van der Waals surface area contributed by atoms with Gasteiger partial charge in [-0.1, -0.05) is 18.2 Å². The molecule has 142 valence electrons. The van der Waals surface area contributed by atoms with E-state index in [-0.39, 0.29) is 29.2 Å². The lowest BCUT2D eigenvalue weighted by Crippen LogP contribution is -2.28. The zero-order valence-electron chi connectivity index (χ0n) is 15.5. The highest BCUT2D eigenvalue weighted by atomic mass is 32.2. The van der Waals surface area contributed by atoms with Gasteiger partial charge in [0.15, 0.2) is 0 Å². The first-order chi connectivity index (χ1) is 12.8. The van der Waals surface area contributed by atoms with Gasteiger partial charge in [-0.3, -0.25) is 4.79 Å². The van der Waals surface area contributed by atoms with Gasteiger partial charge in [0.1, 0.15) is 10.6 Å². The van der Waals surface area contributed by atoms with E-state index in [2.05, 4.69) is 9.71 Å². The summed E-state index contributed by atoms with van der Waals surface area (Å²) in [5, 5.41) is 0.915. The number of benzene rings is 2. The van der Waals surface area contributed by atoms with Crippen molar-refractivity contribution < 1.29 is 13.2 Å². The number of pyridine rings is 1. The van der Waals surface area contributed by atoms with Crippen LogP contribution in [0.4, 0.5) is 0 Å². The van der Waals surface area contributed by atoms with Gasteiger partial charge in [0.05, 0.1) is 7.11 Å². The van der Waals surface area contributed by atoms with Crippen molar-refractivity contribution in [2.24, 2.45) is 0 Å². The molecule has 0 fully saturated rings. The Morgan fingerprint density at radius 3 is 2.48 bits per heavy atom. The van der Waals surface area contributed by atoms with Crippen LogP contribution in [0.3, 0.4) is 0 Å². The van der Waals surface area contributed by atoms with Crippen LogP contribution in [0, 0.1) is 13.8 Å². The first-order valence-electron chi connectivity index (χ1n) is 8.57. The number of rotatable bonds is 6. The monoisotopic (exact) mass is 386 g/mol. The second kappa shape index (κ2) is 7.54. The van der Waals surface area contributed by atoms with Gasteiger partial charge in [-0.05, 0) is 61.0 Å². The first-order valence-corrected chi connectivity index (χ1v) is 10.1. The number of methoxy groups -OCH3 is 1. The maximum absolute atomic E-state index is 12.6. The zero-order chi connectivity index (χ0) is 19.6. The highest BCUT2D eigenvalue weighted by Crippen LogP contribution is 2.24. The molecule has 3 aromatic rings. The molecule has 0 saturated carbocycles. The molecule has 3 rings (SSSR count). The number of sulfonamides is 1. The number of hydrogen-bond acceptors (Lipinski definition) is 4. The van der Waals surface area contributed by atoms with Crippen molar-refractivity contribution in [1.82, 2.24) is 9.71 Å². The molecule has 0 unspecified atom stereocenters. The van der Waals surface area contributed by atoms with Gasteiger partial charge >= 0.3 is 0 Å². The number of fused-ring (bicyclic) bond motifs is 1. The summed E-state index contributed by atoms with van der Waals surface area (Å²) in [6.45, 7) is 3.88. The molecular formula is C20H22N2O4S. The van der Waals surface area contributed by atoms with Gasteiger partial charge < -0.3 is 9.72 Å². The van der Waals surface area contributed by atoms with Crippen molar-refractivity contribution in [3.05, 3.63) is 69.5 Å². The summed E-state index contributed by atoms with van der Waals surface area (Å²) >= 11 is 0. The van der Waals surface area contributed by atoms with E-state index in [4.69, 9.17) is 4.74 Å². The van der Waals surface area contributed by atoms with E-state index >= 15 is 0 Å². The average Bonchev–Trinajstić information content (AvgIpc) is 2.62. The summed E-state index contributed by atoms with van der Waals surface area (Å²) in [7, 11) is -2.31. The molecule has 0 bridgehead atoms. The Bertz CT molecular complexity index is 1150. The van der Waals surface area contributed by atoms with Crippen LogP contribution in [0.25, 0.3) is 10.9 Å². The van der Waals surface area contributed by atoms with E-state index in [9.17, 15) is 13.2 Å². The van der Waals surface area contributed by atoms with Crippen LogP contribution in [-0.4, -0.2) is 27.1 Å². The molecular weight excluding hydrogens is 364 g/mol. The third-order valence-electron chi connectivity index (χ3n) is 4.37. The first kappa shape index (κ1) is 19.1. The summed E-state index contributed by atoms with van der Waals surface area (Å²) in [6, 6.07) is 12.6. The Labute approximate surface area is 158 Å². The normalized spacial score (nSPS) is 11.7. The topological polar surface area (TPSA) is 88.3 Å². The summed E-state index contributed by atoms with van der Waals surface area (Å²) in [5.41, 5.74) is 2.97. The van der Waals surface area contributed by atoms with Crippen molar-refractivity contribution in [2.45, 2.75) is 25.2 Å². The van der Waals surface area contributed by atoms with E-state index in [0.717, 1.165) is 22.0 Å². The fraction of sp³-hybridized carbons (Fsp3) is 0.250. The summed E-state index contributed by atoms with van der Waals surface area (Å²) in [5.74, 6) is 0.284. The average molecular weight is 386 g/mol. The van der Waals surface area contributed by atoms with Gasteiger partial charge in [-0.2, -0.15) is 0 Å². The van der Waals surface area contributed by atoms with E-state index in [1.807, 2.05) is 32.0 Å². The van der Waals surface area contributed by atoms with Gasteiger partial charge in [-0.25, -0.2) is 13.1 Å². The lowest BCUT2D eigenvalue weighted by atomic mass is 10.1. The van der Waals surface area contributed by atoms with E-state index < -0.39 is 10.0 Å². The third kappa shape index (κ3) is 4.20. The van der Waals surface area contributed by atoms with Crippen molar-refractivity contribution in [3.63, 3.8) is 0 Å². The molecule has 0 aliphatic rings. The molecule has 6 nitrogen and oxygen atoms in total. The van der Waals surface area contributed by atoms with Gasteiger partial charge in [0.25, 0.3) is 5.56 Å². The fourth-order valence-electron chi connectivity index (χ4n) is 2.94. The number of H-pyrrole nitrogens is 1. The van der Waals surface area contributed by atoms with Crippen LogP contribution in [0.5, 0.6) is 5.75 Å². The third-order valence-corrected chi connectivity index (χ3v) is 5.86. The molecule has 0 atom stereocenters. The highest BCUT2D eigenvalue weighted by Gasteiger charge is 2.19. The molecule has 2 aromatic carbocycles. The molecule has 0 spiro atoms. The Balaban J connectivity index is 1.79. The summed E-state index contributed by atoms with van der Waals surface area (Å²) in [4.78, 5) is 15.2. The number of nitrogens with one attached hydrogen (secondary N) is 2. The van der Waals surface area contributed by atoms with Crippen molar-refractivity contribution >= 4 is 20.9 Å². The number of hydrogen-bond donors (Lipinski definition) is 2. The molecule has 0 radical (unpaired) electrons. The lowest BCUT2D eigenvalue weighted by molar-refractivity contribution is 0.402. The second-order valence-electron chi connectivity index (χ2n) is 6.52. The number of ether oxygens (including phenoxy) is 1. The predicted molar refractivity (Wildman–Crippen MR) is 106 cm³/mol. The lowest BCUT2D eigenvalue weighted by Gasteiger charge is -2.11. The molecule has 0 aliphatic heterocycles. The summed E-state index contributed by atoms with van der Waals surface area (Å²) in [6.07, 6.45) is 0.284. The molecule has 1 aromatic heterocycles. The minimum Gasteiger partial charge on any atom is -0.495 e. The maximum atomic E-state index is 12.6. The number of aromatic amines is 1. The second-order valence-corrected chi connectivity index (χ2v) is 8.25.